The normalized spacial score (nSPS) is 7.50. The molecule has 0 bridgehead atoms. The third-order valence-electron chi connectivity index (χ3n) is 0.296. The minimum absolute atomic E-state index is 0.594. The van der Waals surface area contributed by atoms with Gasteiger partial charge in [0.05, 0.1) is 0 Å². The van der Waals surface area contributed by atoms with Crippen molar-refractivity contribution < 1.29 is 4.79 Å². The number of carbonyl (C=O) groups excluding carboxylic acids is 1. The van der Waals surface area contributed by atoms with E-state index in [4.69, 9.17) is 0 Å². The van der Waals surface area contributed by atoms with E-state index in [1.54, 1.807) is 7.05 Å². The molecular formula is C3H7N2O. The Morgan fingerprint density at radius 1 is 1.67 bits per heavy atom. The van der Waals surface area contributed by atoms with Crippen molar-refractivity contribution in [1.82, 2.24) is 10.6 Å². The molecule has 3 heteroatoms. The van der Waals surface area contributed by atoms with Gasteiger partial charge in [0.1, 0.15) is 6.67 Å². The van der Waals surface area contributed by atoms with Crippen molar-refractivity contribution in [2.24, 2.45) is 0 Å². The van der Waals surface area contributed by atoms with E-state index in [0.717, 1.165) is 0 Å². The molecule has 0 heterocycles. The molecule has 0 aromatic heterocycles. The van der Waals surface area contributed by atoms with E-state index in [-0.39, 0.29) is 0 Å². The van der Waals surface area contributed by atoms with Crippen LogP contribution in [0.1, 0.15) is 0 Å². The molecular weight excluding hydrogens is 80.0 g/mol. The molecule has 1 amide bonds. The summed E-state index contributed by atoms with van der Waals surface area (Å²) in [5, 5.41) is 4.88. The molecule has 0 unspecified atom stereocenters. The van der Waals surface area contributed by atoms with Crippen molar-refractivity contribution in [3.05, 3.63) is 6.67 Å². The molecule has 0 aromatic carbocycles. The molecule has 0 aliphatic heterocycles. The molecule has 0 saturated carbocycles. The lowest BCUT2D eigenvalue weighted by molar-refractivity contribution is -0.109. The zero-order valence-electron chi connectivity index (χ0n) is 3.56. The molecule has 0 spiro atoms. The Labute approximate surface area is 36.7 Å². The lowest BCUT2D eigenvalue weighted by atomic mass is 11.0. The summed E-state index contributed by atoms with van der Waals surface area (Å²) in [6, 6.07) is 0. The van der Waals surface area contributed by atoms with Crippen LogP contribution in [0.3, 0.4) is 0 Å². The summed E-state index contributed by atoms with van der Waals surface area (Å²) in [6.07, 6.45) is 0.594. The van der Waals surface area contributed by atoms with Crippen LogP contribution in [0.25, 0.3) is 0 Å². The molecule has 0 atom stereocenters. The number of nitrogens with one attached hydrogen (secondary N) is 2. The highest BCUT2D eigenvalue weighted by atomic mass is 16.1. The van der Waals surface area contributed by atoms with Crippen LogP contribution in [0.2, 0.25) is 0 Å². The van der Waals surface area contributed by atoms with Gasteiger partial charge in [-0.05, 0) is 7.05 Å². The molecule has 0 aliphatic rings. The number of rotatable bonds is 3. The molecule has 0 rings (SSSR count). The highest BCUT2D eigenvalue weighted by Crippen LogP contribution is 1.44. The topological polar surface area (TPSA) is 41.1 Å². The Bertz CT molecular complexity index is 37.8. The van der Waals surface area contributed by atoms with Crippen LogP contribution >= 0.6 is 0 Å². The first-order chi connectivity index (χ1) is 2.91. The standard InChI is InChI=1S/C3H7N2O/c1-4-2-5-3-6/h2-4H,1H3,(H,5,6). The summed E-state index contributed by atoms with van der Waals surface area (Å²) < 4.78 is 0. The van der Waals surface area contributed by atoms with Crippen LogP contribution in [-0.2, 0) is 4.79 Å². The fourth-order valence-electron chi connectivity index (χ4n) is 0.117. The lowest BCUT2D eigenvalue weighted by Gasteiger charge is -1.88. The second-order valence-corrected chi connectivity index (χ2v) is 0.718. The molecule has 1 radical (unpaired) electrons. The van der Waals surface area contributed by atoms with Gasteiger partial charge >= 0.3 is 0 Å². The van der Waals surface area contributed by atoms with Crippen LogP contribution in [-0.4, -0.2) is 13.5 Å². The Balaban J connectivity index is 2.49. The van der Waals surface area contributed by atoms with E-state index >= 15 is 0 Å². The van der Waals surface area contributed by atoms with Crippen LogP contribution in [0.15, 0.2) is 0 Å². The summed E-state index contributed by atoms with van der Waals surface area (Å²) in [4.78, 5) is 9.38. The van der Waals surface area contributed by atoms with E-state index in [1.807, 2.05) is 0 Å². The fourth-order valence-corrected chi connectivity index (χ4v) is 0.117. The Morgan fingerprint density at radius 3 is 2.50 bits per heavy atom. The predicted octanol–water partition coefficient (Wildman–Crippen LogP) is -0.929. The van der Waals surface area contributed by atoms with Gasteiger partial charge in [-0.1, -0.05) is 0 Å². The monoisotopic (exact) mass is 87.1 g/mol. The Morgan fingerprint density at radius 2 is 2.33 bits per heavy atom. The van der Waals surface area contributed by atoms with Gasteiger partial charge in [0.2, 0.25) is 6.41 Å². The lowest BCUT2D eigenvalue weighted by Crippen LogP contribution is -2.16. The second-order valence-electron chi connectivity index (χ2n) is 0.718. The third kappa shape index (κ3) is 3.43. The Kier molecular flexibility index (Phi) is 4.01. The van der Waals surface area contributed by atoms with Gasteiger partial charge in [0.25, 0.3) is 0 Å². The van der Waals surface area contributed by atoms with Crippen LogP contribution in [0.5, 0.6) is 0 Å². The molecule has 0 aliphatic carbocycles. The third-order valence-corrected chi connectivity index (χ3v) is 0.296. The zero-order chi connectivity index (χ0) is 4.83. The molecule has 0 saturated heterocycles. The van der Waals surface area contributed by atoms with Crippen molar-refractivity contribution in [3.63, 3.8) is 0 Å². The molecule has 2 N–H and O–H groups in total. The van der Waals surface area contributed by atoms with Crippen molar-refractivity contribution >= 4 is 6.41 Å². The van der Waals surface area contributed by atoms with Gasteiger partial charge in [-0.25, -0.2) is 0 Å². The van der Waals surface area contributed by atoms with Gasteiger partial charge in [-0.2, -0.15) is 0 Å². The summed E-state index contributed by atoms with van der Waals surface area (Å²) in [7, 11) is 1.70. The summed E-state index contributed by atoms with van der Waals surface area (Å²) >= 11 is 0. The molecule has 3 nitrogen and oxygen atoms in total. The highest BCUT2D eigenvalue weighted by Gasteiger charge is 1.68. The van der Waals surface area contributed by atoms with E-state index in [2.05, 4.69) is 10.6 Å². The van der Waals surface area contributed by atoms with E-state index in [1.165, 1.54) is 6.67 Å². The first-order valence-electron chi connectivity index (χ1n) is 1.60. The van der Waals surface area contributed by atoms with Crippen LogP contribution < -0.4 is 10.6 Å². The van der Waals surface area contributed by atoms with Crippen molar-refractivity contribution in [1.29, 1.82) is 0 Å². The molecule has 0 aromatic rings. The van der Waals surface area contributed by atoms with E-state index < -0.39 is 0 Å². The van der Waals surface area contributed by atoms with Crippen LogP contribution in [0, 0.1) is 6.67 Å². The maximum atomic E-state index is 9.38. The van der Waals surface area contributed by atoms with Crippen molar-refractivity contribution in [3.8, 4) is 0 Å². The van der Waals surface area contributed by atoms with Gasteiger partial charge in [0.15, 0.2) is 0 Å². The zero-order valence-corrected chi connectivity index (χ0v) is 3.56. The molecule has 0 fully saturated rings. The molecule has 35 valence electrons. The van der Waals surface area contributed by atoms with E-state index in [9.17, 15) is 4.79 Å². The fraction of sp³-hybridized carbons (Fsp3) is 0.333. The summed E-state index contributed by atoms with van der Waals surface area (Å²) in [5.41, 5.74) is 0. The largest absolute Gasteiger partial charge is 0.340 e. The number of hydrogen-bond donors (Lipinski definition) is 2. The maximum Gasteiger partial charge on any atom is 0.208 e. The summed E-state index contributed by atoms with van der Waals surface area (Å²) in [6.45, 7) is 1.44. The van der Waals surface area contributed by atoms with Crippen molar-refractivity contribution in [2.45, 2.75) is 0 Å². The summed E-state index contributed by atoms with van der Waals surface area (Å²) in [5.74, 6) is 0. The first kappa shape index (κ1) is 5.43. The van der Waals surface area contributed by atoms with Gasteiger partial charge in [-0.3, -0.25) is 10.1 Å². The first-order valence-corrected chi connectivity index (χ1v) is 1.60. The SMILES string of the molecule is CN[CH]NC=O. The highest BCUT2D eigenvalue weighted by molar-refractivity contribution is 5.46. The Hall–Kier alpha value is -0.570. The average molecular weight is 87.1 g/mol. The minimum Gasteiger partial charge on any atom is -0.340 e. The minimum atomic E-state index is 0.594. The van der Waals surface area contributed by atoms with Crippen LogP contribution in [0.4, 0.5) is 0 Å². The average Bonchev–Trinajstić information content (AvgIpc) is 1.61. The number of carbonyl (C=O) groups is 1. The van der Waals surface area contributed by atoms with E-state index in [0.29, 0.717) is 6.41 Å². The second kappa shape index (κ2) is 4.43. The quantitative estimate of drug-likeness (QED) is 0.345. The maximum absolute atomic E-state index is 9.38. The number of amides is 1. The van der Waals surface area contributed by atoms with Gasteiger partial charge in [0, 0.05) is 0 Å². The number of hydrogen-bond acceptors (Lipinski definition) is 2. The predicted molar refractivity (Wildman–Crippen MR) is 22.6 cm³/mol. The smallest absolute Gasteiger partial charge is 0.208 e. The van der Waals surface area contributed by atoms with Gasteiger partial charge < -0.3 is 5.32 Å². The van der Waals surface area contributed by atoms with Crippen molar-refractivity contribution in [2.75, 3.05) is 7.05 Å². The molecule has 6 heavy (non-hydrogen) atoms. The van der Waals surface area contributed by atoms with Gasteiger partial charge in [-0.15, -0.1) is 0 Å².